The zero-order valence-electron chi connectivity index (χ0n) is 25.0. The lowest BCUT2D eigenvalue weighted by Crippen LogP contribution is -2.58. The van der Waals surface area contributed by atoms with E-state index in [0.717, 1.165) is 32.2 Å². The van der Waals surface area contributed by atoms with E-state index in [1.807, 2.05) is 0 Å². The summed E-state index contributed by atoms with van der Waals surface area (Å²) in [6.45, 7) is 4.74. The molecule has 1 aromatic heterocycles. The van der Waals surface area contributed by atoms with Crippen LogP contribution >= 0.6 is 0 Å². The highest BCUT2D eigenvalue weighted by molar-refractivity contribution is 6.04. The van der Waals surface area contributed by atoms with Crippen LogP contribution in [0.2, 0.25) is 0 Å². The molecule has 2 N–H and O–H groups in total. The fraction of sp³-hybridized carbons (Fsp3) is 0.429. The molecular weight excluding hydrogens is 579 g/mol. The van der Waals surface area contributed by atoms with Crippen molar-refractivity contribution in [1.29, 1.82) is 0 Å². The van der Waals surface area contributed by atoms with Crippen LogP contribution in [0.4, 0.5) is 19.0 Å². The van der Waals surface area contributed by atoms with Gasteiger partial charge in [0, 0.05) is 59.5 Å². The van der Waals surface area contributed by atoms with Gasteiger partial charge in [0.05, 0.1) is 11.1 Å². The number of hydrogen-bond donors (Lipinski definition) is 2. The molecule has 4 fully saturated rings. The number of fused-ring (bicyclic) bond motifs is 5. The minimum absolute atomic E-state index is 0.0291. The van der Waals surface area contributed by atoms with Gasteiger partial charge in [-0.15, -0.1) is 6.42 Å². The molecule has 0 amide bonds. The zero-order valence-corrected chi connectivity index (χ0v) is 25.0. The first-order chi connectivity index (χ1) is 21.6. The van der Waals surface area contributed by atoms with Gasteiger partial charge >= 0.3 is 6.01 Å². The van der Waals surface area contributed by atoms with Gasteiger partial charge < -0.3 is 20.1 Å². The van der Waals surface area contributed by atoms with Crippen LogP contribution in [-0.2, 0) is 0 Å². The lowest BCUT2D eigenvalue weighted by molar-refractivity contribution is 0.107. The van der Waals surface area contributed by atoms with Gasteiger partial charge in [0.2, 0.25) is 0 Å². The molecular formula is C35H34F3N5O2. The summed E-state index contributed by atoms with van der Waals surface area (Å²) in [7, 11) is 0. The van der Waals surface area contributed by atoms with E-state index in [9.17, 15) is 9.50 Å². The number of aromatic hydroxyl groups is 1. The number of nitrogens with one attached hydrogen (secondary N) is 1. The van der Waals surface area contributed by atoms with Gasteiger partial charge in [-0.1, -0.05) is 18.1 Å². The highest BCUT2D eigenvalue weighted by Gasteiger charge is 2.49. The van der Waals surface area contributed by atoms with Crippen molar-refractivity contribution in [1.82, 2.24) is 20.2 Å². The molecule has 2 bridgehead atoms. The third-order valence-corrected chi connectivity index (χ3v) is 10.3. The van der Waals surface area contributed by atoms with Gasteiger partial charge in [-0.3, -0.25) is 4.90 Å². The van der Waals surface area contributed by atoms with E-state index < -0.39 is 23.3 Å². The van der Waals surface area contributed by atoms with Gasteiger partial charge in [0.1, 0.15) is 35.7 Å². The smallest absolute Gasteiger partial charge is 0.319 e. The van der Waals surface area contributed by atoms with Crippen molar-refractivity contribution in [2.24, 2.45) is 0 Å². The van der Waals surface area contributed by atoms with Crippen LogP contribution in [0.25, 0.3) is 32.8 Å². The van der Waals surface area contributed by atoms with E-state index in [0.29, 0.717) is 48.2 Å². The second kappa shape index (κ2) is 10.2. The van der Waals surface area contributed by atoms with E-state index in [4.69, 9.17) is 16.1 Å². The molecule has 4 aromatic rings. The molecule has 3 aromatic carbocycles. The van der Waals surface area contributed by atoms with Crippen molar-refractivity contribution in [3.8, 4) is 35.2 Å². The maximum Gasteiger partial charge on any atom is 0.319 e. The van der Waals surface area contributed by atoms with Gasteiger partial charge in [-0.2, -0.15) is 9.97 Å². The zero-order chi connectivity index (χ0) is 31.1. The molecule has 5 heterocycles. The van der Waals surface area contributed by atoms with E-state index in [2.05, 4.69) is 32.9 Å². The Morgan fingerprint density at radius 1 is 1.18 bits per heavy atom. The summed E-state index contributed by atoms with van der Waals surface area (Å²) in [6.07, 6.45) is 8.97. The first-order valence-electron chi connectivity index (χ1n) is 15.6. The summed E-state index contributed by atoms with van der Waals surface area (Å²) in [5, 5.41) is 15.5. The van der Waals surface area contributed by atoms with Crippen LogP contribution in [-0.4, -0.2) is 76.1 Å². The summed E-state index contributed by atoms with van der Waals surface area (Å²) < 4.78 is 53.8. The molecule has 232 valence electrons. The molecule has 4 atom stereocenters. The fourth-order valence-corrected chi connectivity index (χ4v) is 8.39. The second-order valence-electron chi connectivity index (χ2n) is 13.5. The average molecular weight is 614 g/mol. The minimum Gasteiger partial charge on any atom is -0.508 e. The third kappa shape index (κ3) is 4.59. The highest BCUT2D eigenvalue weighted by atomic mass is 19.1. The molecule has 8 rings (SSSR count). The summed E-state index contributed by atoms with van der Waals surface area (Å²) in [5.74, 6) is 1.14. The van der Waals surface area contributed by atoms with Gasteiger partial charge in [0.15, 0.2) is 5.82 Å². The number of aromatic nitrogens is 2. The van der Waals surface area contributed by atoms with Crippen LogP contribution < -0.4 is 15.0 Å². The molecule has 4 saturated heterocycles. The fourth-order valence-electron chi connectivity index (χ4n) is 8.39. The number of piperazine rings is 1. The van der Waals surface area contributed by atoms with Crippen molar-refractivity contribution in [3.05, 3.63) is 53.6 Å². The molecule has 0 saturated carbocycles. The van der Waals surface area contributed by atoms with Crippen molar-refractivity contribution in [3.63, 3.8) is 0 Å². The number of alkyl halides is 1. The topological polar surface area (TPSA) is 73.8 Å². The molecule has 10 heteroatoms. The Bertz CT molecular complexity index is 1910. The SMILES string of the molecule is C#Cc1cccc2cc(O)cc(-c3c(F)cc4c(N5C[C@H]6CC[C@](C)(C5)N6)nc(OC[C@@]56CCCN5C[C@H](F)C6)nc4c3F)c12. The van der Waals surface area contributed by atoms with Crippen LogP contribution in [0.3, 0.4) is 0 Å². The number of ether oxygens (including phenoxy) is 1. The lowest BCUT2D eigenvalue weighted by Gasteiger charge is -2.40. The Balaban J connectivity index is 1.30. The third-order valence-electron chi connectivity index (χ3n) is 10.3. The summed E-state index contributed by atoms with van der Waals surface area (Å²) >= 11 is 0. The van der Waals surface area contributed by atoms with Gasteiger partial charge in [-0.05, 0) is 68.8 Å². The molecule has 0 spiro atoms. The highest BCUT2D eigenvalue weighted by Crippen LogP contribution is 2.43. The molecule has 4 aliphatic rings. The lowest BCUT2D eigenvalue weighted by atomic mass is 9.93. The summed E-state index contributed by atoms with van der Waals surface area (Å²) in [4.78, 5) is 13.5. The largest absolute Gasteiger partial charge is 0.508 e. The Morgan fingerprint density at radius 2 is 2.04 bits per heavy atom. The van der Waals surface area contributed by atoms with Crippen molar-refractivity contribution in [2.45, 2.75) is 62.3 Å². The van der Waals surface area contributed by atoms with E-state index in [1.54, 1.807) is 18.2 Å². The Hall–Kier alpha value is -4.07. The summed E-state index contributed by atoms with van der Waals surface area (Å²) in [6, 6.07) is 9.47. The normalized spacial score (nSPS) is 27.8. The van der Waals surface area contributed by atoms with Crippen LogP contribution in [0.5, 0.6) is 11.8 Å². The van der Waals surface area contributed by atoms with Crippen molar-refractivity contribution in [2.75, 3.05) is 37.7 Å². The number of phenolic OH excluding ortho intramolecular Hbond substituents is 1. The first kappa shape index (κ1) is 28.4. The minimum atomic E-state index is -0.924. The van der Waals surface area contributed by atoms with Crippen LogP contribution in [0.15, 0.2) is 36.4 Å². The predicted octanol–water partition coefficient (Wildman–Crippen LogP) is 5.70. The van der Waals surface area contributed by atoms with Crippen LogP contribution in [0.1, 0.15) is 44.6 Å². The van der Waals surface area contributed by atoms with Gasteiger partial charge in [0.25, 0.3) is 0 Å². The monoisotopic (exact) mass is 613 g/mol. The quantitative estimate of drug-likeness (QED) is 0.280. The number of terminal acetylenes is 1. The molecule has 0 radical (unpaired) electrons. The second-order valence-corrected chi connectivity index (χ2v) is 13.5. The Morgan fingerprint density at radius 3 is 2.87 bits per heavy atom. The molecule has 0 aliphatic carbocycles. The maximum atomic E-state index is 16.9. The maximum absolute atomic E-state index is 16.9. The number of rotatable bonds is 5. The Labute approximate surface area is 259 Å². The Kier molecular flexibility index (Phi) is 6.45. The number of hydrogen-bond acceptors (Lipinski definition) is 7. The van der Waals surface area contributed by atoms with E-state index >= 15 is 8.78 Å². The van der Waals surface area contributed by atoms with Crippen molar-refractivity contribution < 1.29 is 23.0 Å². The van der Waals surface area contributed by atoms with Crippen molar-refractivity contribution >= 4 is 27.5 Å². The summed E-state index contributed by atoms with van der Waals surface area (Å²) in [5.41, 5.74) is -0.461. The average Bonchev–Trinajstić information content (AvgIpc) is 3.63. The number of phenols is 1. The van der Waals surface area contributed by atoms with E-state index in [1.165, 1.54) is 18.2 Å². The molecule has 45 heavy (non-hydrogen) atoms. The standard InChI is InChI=1S/C35H34F3N5O2/c1-3-20-6-4-7-21-12-24(44)13-25(28(20)21)29-27(37)14-26-31(30(29)38)39-33(45-19-35-9-5-11-43(35)16-22(36)15-35)40-32(26)42-17-23-8-10-34(2,18-42)41-23/h1,4,6-7,12-14,22-23,41,44H,5,8-11,15-19H2,2H3/t22-,23-,34-,35+/m1/s1. The first-order valence-corrected chi connectivity index (χ1v) is 15.6. The van der Waals surface area contributed by atoms with E-state index in [-0.39, 0.29) is 52.0 Å². The number of halogens is 3. The molecule has 7 nitrogen and oxygen atoms in total. The predicted molar refractivity (Wildman–Crippen MR) is 167 cm³/mol. The van der Waals surface area contributed by atoms with Crippen LogP contribution in [0, 0.1) is 24.0 Å². The molecule has 4 aliphatic heterocycles. The molecule has 0 unspecified atom stereocenters. The number of nitrogens with zero attached hydrogens (tertiary/aromatic N) is 4. The number of anilines is 1. The van der Waals surface area contributed by atoms with Gasteiger partial charge in [-0.25, -0.2) is 13.2 Å². The number of benzene rings is 3.